The number of hydrogen-bond donors (Lipinski definition) is 1. The molecule has 1 saturated carbocycles. The molecule has 1 aliphatic heterocycles. The fraction of sp³-hybridized carbons (Fsp3) is 1.00. The van der Waals surface area contributed by atoms with Crippen LogP contribution in [-0.4, -0.2) is 60.3 Å². The zero-order valence-corrected chi connectivity index (χ0v) is 11.4. The molecule has 0 bridgehead atoms. The lowest BCUT2D eigenvalue weighted by molar-refractivity contribution is 0.0273. The van der Waals surface area contributed by atoms with Crippen LogP contribution in [0, 0.1) is 5.92 Å². The van der Waals surface area contributed by atoms with Gasteiger partial charge < -0.3 is 10.0 Å². The Bertz CT molecular complexity index is 234. The minimum atomic E-state index is -0.0521. The van der Waals surface area contributed by atoms with Crippen LogP contribution >= 0.6 is 0 Å². The molecule has 100 valence electrons. The molecule has 1 N–H and O–H groups in total. The van der Waals surface area contributed by atoms with Gasteiger partial charge in [-0.05, 0) is 51.7 Å². The van der Waals surface area contributed by atoms with E-state index < -0.39 is 0 Å². The summed E-state index contributed by atoms with van der Waals surface area (Å²) in [7, 11) is 2.22. The van der Waals surface area contributed by atoms with Crippen molar-refractivity contribution in [2.45, 2.75) is 51.2 Å². The molecule has 0 aromatic rings. The third-order valence-corrected chi connectivity index (χ3v) is 4.68. The number of aliphatic hydroxyl groups is 1. The number of nitrogens with zero attached hydrogens (tertiary/aromatic N) is 2. The Balaban J connectivity index is 1.97. The maximum absolute atomic E-state index is 9.91. The van der Waals surface area contributed by atoms with Crippen LogP contribution in [0.4, 0.5) is 0 Å². The van der Waals surface area contributed by atoms with Gasteiger partial charge in [0.15, 0.2) is 0 Å². The van der Waals surface area contributed by atoms with Gasteiger partial charge in [-0.25, -0.2) is 0 Å². The van der Waals surface area contributed by atoms with Crippen molar-refractivity contribution in [3.63, 3.8) is 0 Å². The summed E-state index contributed by atoms with van der Waals surface area (Å²) in [5.41, 5.74) is 0. The summed E-state index contributed by atoms with van der Waals surface area (Å²) in [4.78, 5) is 5.08. The number of likely N-dealkylation sites (N-methyl/N-ethyl adjacent to an activating group) is 1. The Morgan fingerprint density at radius 2 is 1.94 bits per heavy atom. The predicted octanol–water partition coefficient (Wildman–Crippen LogP) is 1.56. The fourth-order valence-electron chi connectivity index (χ4n) is 3.51. The standard InChI is InChI=1S/C14H28N2O/c1-3-12-5-6-13(17)11-14(12)16-8-4-7-15(2)9-10-16/h12-14,17H,3-11H2,1-2H3. The molecule has 0 radical (unpaired) electrons. The highest BCUT2D eigenvalue weighted by molar-refractivity contribution is 4.87. The zero-order chi connectivity index (χ0) is 12.3. The van der Waals surface area contributed by atoms with E-state index in [-0.39, 0.29) is 6.10 Å². The molecular weight excluding hydrogens is 212 g/mol. The summed E-state index contributed by atoms with van der Waals surface area (Å²) in [5.74, 6) is 0.807. The smallest absolute Gasteiger partial charge is 0.0555 e. The Morgan fingerprint density at radius 1 is 1.12 bits per heavy atom. The highest BCUT2D eigenvalue weighted by atomic mass is 16.3. The first kappa shape index (κ1) is 13.3. The van der Waals surface area contributed by atoms with Gasteiger partial charge >= 0.3 is 0 Å². The van der Waals surface area contributed by atoms with Crippen LogP contribution in [0.3, 0.4) is 0 Å². The lowest BCUT2D eigenvalue weighted by Gasteiger charge is -2.41. The average Bonchev–Trinajstić information content (AvgIpc) is 2.54. The first-order valence-electron chi connectivity index (χ1n) is 7.31. The summed E-state index contributed by atoms with van der Waals surface area (Å²) in [6.45, 7) is 7.12. The van der Waals surface area contributed by atoms with Crippen molar-refractivity contribution in [2.75, 3.05) is 33.2 Å². The van der Waals surface area contributed by atoms with Gasteiger partial charge in [0.25, 0.3) is 0 Å². The van der Waals surface area contributed by atoms with Crippen LogP contribution in [0.1, 0.15) is 39.0 Å². The minimum absolute atomic E-state index is 0.0521. The van der Waals surface area contributed by atoms with Crippen molar-refractivity contribution in [3.8, 4) is 0 Å². The summed E-state index contributed by atoms with van der Waals surface area (Å²) in [5, 5.41) is 9.91. The second-order valence-electron chi connectivity index (χ2n) is 5.90. The van der Waals surface area contributed by atoms with Crippen LogP contribution < -0.4 is 0 Å². The second kappa shape index (κ2) is 6.17. The predicted molar refractivity (Wildman–Crippen MR) is 71.1 cm³/mol. The van der Waals surface area contributed by atoms with Gasteiger partial charge in [-0.15, -0.1) is 0 Å². The average molecular weight is 240 g/mol. The SMILES string of the molecule is CCC1CCC(O)CC1N1CCCN(C)CC1. The van der Waals surface area contributed by atoms with Gasteiger partial charge in [0.2, 0.25) is 0 Å². The summed E-state index contributed by atoms with van der Waals surface area (Å²) in [6.07, 6.45) is 5.73. The van der Waals surface area contributed by atoms with E-state index in [1.165, 1.54) is 45.4 Å². The fourth-order valence-corrected chi connectivity index (χ4v) is 3.51. The molecule has 3 unspecified atom stereocenters. The highest BCUT2D eigenvalue weighted by Crippen LogP contribution is 2.31. The molecule has 1 saturated heterocycles. The normalized spacial score (nSPS) is 37.9. The van der Waals surface area contributed by atoms with Crippen LogP contribution in [0.15, 0.2) is 0 Å². The van der Waals surface area contributed by atoms with E-state index in [2.05, 4.69) is 23.8 Å². The summed E-state index contributed by atoms with van der Waals surface area (Å²) < 4.78 is 0. The molecule has 2 rings (SSSR count). The van der Waals surface area contributed by atoms with Crippen LogP contribution in [0.25, 0.3) is 0 Å². The van der Waals surface area contributed by atoms with E-state index >= 15 is 0 Å². The molecule has 1 heterocycles. The Kier molecular flexibility index (Phi) is 4.83. The van der Waals surface area contributed by atoms with E-state index in [1.807, 2.05) is 0 Å². The van der Waals surface area contributed by atoms with Gasteiger partial charge in [-0.1, -0.05) is 13.3 Å². The van der Waals surface area contributed by atoms with Gasteiger partial charge in [-0.3, -0.25) is 4.90 Å². The molecule has 2 fully saturated rings. The van der Waals surface area contributed by atoms with Crippen molar-refractivity contribution in [2.24, 2.45) is 5.92 Å². The molecule has 0 aromatic carbocycles. The molecule has 0 spiro atoms. The van der Waals surface area contributed by atoms with Gasteiger partial charge in [0.05, 0.1) is 6.10 Å². The molecule has 3 heteroatoms. The topological polar surface area (TPSA) is 26.7 Å². The van der Waals surface area contributed by atoms with Crippen molar-refractivity contribution in [1.29, 1.82) is 0 Å². The maximum Gasteiger partial charge on any atom is 0.0555 e. The number of aliphatic hydroxyl groups excluding tert-OH is 1. The molecule has 1 aliphatic carbocycles. The summed E-state index contributed by atoms with van der Waals surface area (Å²) in [6, 6.07) is 0.634. The molecule has 0 aromatic heterocycles. The number of rotatable bonds is 2. The zero-order valence-electron chi connectivity index (χ0n) is 11.4. The molecule has 3 atom stereocenters. The van der Waals surface area contributed by atoms with E-state index in [9.17, 15) is 5.11 Å². The maximum atomic E-state index is 9.91. The Morgan fingerprint density at radius 3 is 2.71 bits per heavy atom. The largest absolute Gasteiger partial charge is 0.393 e. The van der Waals surface area contributed by atoms with Gasteiger partial charge in [0.1, 0.15) is 0 Å². The highest BCUT2D eigenvalue weighted by Gasteiger charge is 2.33. The van der Waals surface area contributed by atoms with Crippen LogP contribution in [0.5, 0.6) is 0 Å². The quantitative estimate of drug-likeness (QED) is 0.793. The van der Waals surface area contributed by atoms with Crippen LogP contribution in [-0.2, 0) is 0 Å². The van der Waals surface area contributed by atoms with Crippen LogP contribution in [0.2, 0.25) is 0 Å². The monoisotopic (exact) mass is 240 g/mol. The first-order chi connectivity index (χ1) is 8.20. The Labute approximate surface area is 106 Å². The lowest BCUT2D eigenvalue weighted by Crippen LogP contribution is -2.46. The van der Waals surface area contributed by atoms with Crippen molar-refractivity contribution in [1.82, 2.24) is 9.80 Å². The van der Waals surface area contributed by atoms with E-state index in [0.29, 0.717) is 6.04 Å². The van der Waals surface area contributed by atoms with E-state index in [1.54, 1.807) is 0 Å². The van der Waals surface area contributed by atoms with Gasteiger partial charge in [-0.2, -0.15) is 0 Å². The molecular formula is C14H28N2O. The molecule has 17 heavy (non-hydrogen) atoms. The minimum Gasteiger partial charge on any atom is -0.393 e. The number of hydrogen-bond acceptors (Lipinski definition) is 3. The first-order valence-corrected chi connectivity index (χ1v) is 7.31. The van der Waals surface area contributed by atoms with E-state index in [0.717, 1.165) is 18.8 Å². The third kappa shape index (κ3) is 3.43. The lowest BCUT2D eigenvalue weighted by atomic mass is 9.80. The second-order valence-corrected chi connectivity index (χ2v) is 5.90. The third-order valence-electron chi connectivity index (χ3n) is 4.68. The van der Waals surface area contributed by atoms with Crippen molar-refractivity contribution in [3.05, 3.63) is 0 Å². The van der Waals surface area contributed by atoms with Crippen molar-refractivity contribution >= 4 is 0 Å². The Hall–Kier alpha value is -0.120. The van der Waals surface area contributed by atoms with Crippen molar-refractivity contribution < 1.29 is 5.11 Å². The van der Waals surface area contributed by atoms with E-state index in [4.69, 9.17) is 0 Å². The molecule has 3 nitrogen and oxygen atoms in total. The van der Waals surface area contributed by atoms with Gasteiger partial charge in [0, 0.05) is 19.1 Å². The molecule has 2 aliphatic rings. The molecule has 0 amide bonds. The summed E-state index contributed by atoms with van der Waals surface area (Å²) >= 11 is 0.